The fraction of sp³-hybridized carbons (Fsp3) is 0.385. The Balaban J connectivity index is 1.14. The van der Waals surface area contributed by atoms with E-state index in [1.54, 1.807) is 11.3 Å². The molecule has 2 atom stereocenters. The second kappa shape index (κ2) is 11.5. The van der Waals surface area contributed by atoms with Crippen LogP contribution in [0.3, 0.4) is 0 Å². The predicted octanol–water partition coefficient (Wildman–Crippen LogP) is 3.08. The number of hydrogen-bond donors (Lipinski definition) is 2. The van der Waals surface area contributed by atoms with Gasteiger partial charge in [0.25, 0.3) is 5.89 Å². The molecule has 4 aromatic rings. The van der Waals surface area contributed by atoms with Gasteiger partial charge in [-0.25, -0.2) is 4.98 Å². The zero-order valence-corrected chi connectivity index (χ0v) is 22.3. The molecule has 2 aromatic heterocycles. The monoisotopic (exact) mass is 576 g/mol. The van der Waals surface area contributed by atoms with Crippen molar-refractivity contribution in [3.63, 3.8) is 0 Å². The van der Waals surface area contributed by atoms with Crippen LogP contribution in [0.5, 0.6) is 5.75 Å². The molecule has 3 N–H and O–H groups in total. The van der Waals surface area contributed by atoms with Crippen molar-refractivity contribution in [3.8, 4) is 17.2 Å². The minimum Gasteiger partial charge on any atom is -0.491 e. The van der Waals surface area contributed by atoms with Crippen molar-refractivity contribution in [3.05, 3.63) is 58.9 Å². The maximum atomic E-state index is 12.8. The van der Waals surface area contributed by atoms with E-state index in [1.807, 2.05) is 34.9 Å². The lowest BCUT2D eigenvalue weighted by Crippen LogP contribution is -2.59. The highest BCUT2D eigenvalue weighted by Gasteiger charge is 2.33. The number of amides is 1. The van der Waals surface area contributed by atoms with Gasteiger partial charge in [-0.3, -0.25) is 14.6 Å². The average molecular weight is 577 g/mol. The fourth-order valence-corrected chi connectivity index (χ4v) is 5.38. The first-order valence-corrected chi connectivity index (χ1v) is 13.3. The molecule has 212 valence electrons. The fourth-order valence-electron chi connectivity index (χ4n) is 4.57. The molecule has 2 aromatic carbocycles. The number of alkyl halides is 3. The van der Waals surface area contributed by atoms with Crippen LogP contribution in [0.25, 0.3) is 21.7 Å². The summed E-state index contributed by atoms with van der Waals surface area (Å²) in [7, 11) is 0. The third-order valence-corrected chi connectivity index (χ3v) is 7.50. The molecule has 40 heavy (non-hydrogen) atoms. The standard InChI is InChI=1S/C26H27F3N6O4S/c1-15-31-20-10-19(6-7-22(20)40-15)38-14-18(36)11-35-9-8-34(12-21(35)24(30)37)13-23-32-25(39-33-23)16-2-4-17(5-3-16)26(27,28)29/h2-7,10,18,21,36H,8-9,11-14H2,1H3,(H2,30,37)/t18-,21?/m1/s1. The number of aromatic nitrogens is 3. The highest BCUT2D eigenvalue weighted by molar-refractivity contribution is 7.18. The van der Waals surface area contributed by atoms with Gasteiger partial charge in [-0.15, -0.1) is 11.3 Å². The number of carbonyl (C=O) groups is 1. The van der Waals surface area contributed by atoms with Crippen molar-refractivity contribution in [1.82, 2.24) is 24.9 Å². The number of aryl methyl sites for hydroxylation is 1. The summed E-state index contributed by atoms with van der Waals surface area (Å²) >= 11 is 1.60. The van der Waals surface area contributed by atoms with Crippen molar-refractivity contribution >= 4 is 27.5 Å². The SMILES string of the molecule is Cc1nc2cc(OC[C@H](O)CN3CCN(Cc4noc(-c5ccc(C(F)(F)F)cc5)n4)CC3C(N)=O)ccc2s1. The molecule has 0 aliphatic carbocycles. The Morgan fingerprint density at radius 1 is 1.23 bits per heavy atom. The van der Waals surface area contributed by atoms with Crippen molar-refractivity contribution in [2.24, 2.45) is 5.73 Å². The quantitative estimate of drug-likeness (QED) is 0.309. The zero-order chi connectivity index (χ0) is 28.4. The Labute approximate surface area is 231 Å². The lowest BCUT2D eigenvalue weighted by Gasteiger charge is -2.40. The van der Waals surface area contributed by atoms with Crippen LogP contribution in [0, 0.1) is 6.92 Å². The summed E-state index contributed by atoms with van der Waals surface area (Å²) in [6.45, 7) is 3.71. The van der Waals surface area contributed by atoms with Gasteiger partial charge in [0.2, 0.25) is 5.91 Å². The van der Waals surface area contributed by atoms with Gasteiger partial charge < -0.3 is 20.1 Å². The van der Waals surface area contributed by atoms with Gasteiger partial charge in [-0.05, 0) is 43.3 Å². The highest BCUT2D eigenvalue weighted by atomic mass is 32.1. The van der Waals surface area contributed by atoms with Crippen molar-refractivity contribution in [2.45, 2.75) is 31.8 Å². The third-order valence-electron chi connectivity index (χ3n) is 6.55. The van der Waals surface area contributed by atoms with E-state index in [0.29, 0.717) is 30.2 Å². The Bertz CT molecular complexity index is 1480. The van der Waals surface area contributed by atoms with Crippen molar-refractivity contribution < 1.29 is 32.3 Å². The normalized spacial score (nSPS) is 17.8. The number of benzene rings is 2. The molecular weight excluding hydrogens is 549 g/mol. The van der Waals surface area contributed by atoms with E-state index in [-0.39, 0.29) is 32.1 Å². The number of halogens is 3. The van der Waals surface area contributed by atoms with Crippen LogP contribution < -0.4 is 10.5 Å². The number of ether oxygens (including phenoxy) is 1. The lowest BCUT2D eigenvalue weighted by molar-refractivity contribution is -0.137. The molecule has 5 rings (SSSR count). The van der Waals surface area contributed by atoms with Crippen LogP contribution in [-0.4, -0.2) is 80.9 Å². The first-order chi connectivity index (χ1) is 19.0. The lowest BCUT2D eigenvalue weighted by atomic mass is 10.1. The molecule has 3 heterocycles. The van der Waals surface area contributed by atoms with E-state index in [0.717, 1.165) is 27.4 Å². The van der Waals surface area contributed by atoms with Crippen LogP contribution in [0.4, 0.5) is 13.2 Å². The second-order valence-electron chi connectivity index (χ2n) is 9.57. The van der Waals surface area contributed by atoms with Gasteiger partial charge in [0, 0.05) is 37.8 Å². The van der Waals surface area contributed by atoms with E-state index in [4.69, 9.17) is 15.0 Å². The molecule has 1 amide bonds. The zero-order valence-electron chi connectivity index (χ0n) is 21.5. The van der Waals surface area contributed by atoms with Gasteiger partial charge in [-0.2, -0.15) is 18.2 Å². The Kier molecular flexibility index (Phi) is 8.03. The summed E-state index contributed by atoms with van der Waals surface area (Å²) in [6, 6.07) is 9.39. The number of thiazole rings is 1. The summed E-state index contributed by atoms with van der Waals surface area (Å²) in [5.41, 5.74) is 6.11. The molecular formula is C26H27F3N6O4S. The number of carbonyl (C=O) groups excluding carboxylic acids is 1. The first kappa shape index (κ1) is 28.0. The number of rotatable bonds is 9. The highest BCUT2D eigenvalue weighted by Crippen LogP contribution is 2.31. The molecule has 1 unspecified atom stereocenters. The number of nitrogens with zero attached hydrogens (tertiary/aromatic N) is 5. The Hall–Kier alpha value is -3.59. The van der Waals surface area contributed by atoms with Crippen LogP contribution in [0.2, 0.25) is 0 Å². The van der Waals surface area contributed by atoms with E-state index in [9.17, 15) is 23.1 Å². The summed E-state index contributed by atoms with van der Waals surface area (Å²) < 4.78 is 50.5. The van der Waals surface area contributed by atoms with E-state index in [1.165, 1.54) is 12.1 Å². The summed E-state index contributed by atoms with van der Waals surface area (Å²) in [5, 5.41) is 15.5. The van der Waals surface area contributed by atoms with Gasteiger partial charge in [0.05, 0.1) is 27.3 Å². The van der Waals surface area contributed by atoms with Crippen LogP contribution >= 0.6 is 11.3 Å². The Morgan fingerprint density at radius 3 is 2.73 bits per heavy atom. The average Bonchev–Trinajstić information content (AvgIpc) is 3.53. The Morgan fingerprint density at radius 2 is 2.00 bits per heavy atom. The minimum atomic E-state index is -4.43. The maximum Gasteiger partial charge on any atom is 0.416 e. The molecule has 1 aliphatic rings. The van der Waals surface area contributed by atoms with Gasteiger partial charge in [-0.1, -0.05) is 5.16 Å². The number of nitrogens with two attached hydrogens (primary N) is 1. The number of aliphatic hydroxyl groups is 1. The molecule has 0 bridgehead atoms. The topological polar surface area (TPSA) is 131 Å². The molecule has 14 heteroatoms. The van der Waals surface area contributed by atoms with Crippen LogP contribution in [0.15, 0.2) is 47.0 Å². The third kappa shape index (κ3) is 6.58. The largest absolute Gasteiger partial charge is 0.491 e. The number of primary amides is 1. The molecule has 1 aliphatic heterocycles. The minimum absolute atomic E-state index is 0.0376. The van der Waals surface area contributed by atoms with Gasteiger partial charge >= 0.3 is 6.18 Å². The van der Waals surface area contributed by atoms with E-state index >= 15 is 0 Å². The van der Waals surface area contributed by atoms with E-state index in [2.05, 4.69) is 15.1 Å². The van der Waals surface area contributed by atoms with Gasteiger partial charge in [0.1, 0.15) is 24.5 Å². The first-order valence-electron chi connectivity index (χ1n) is 12.5. The number of hydrogen-bond acceptors (Lipinski definition) is 10. The van der Waals surface area contributed by atoms with Crippen molar-refractivity contribution in [1.29, 1.82) is 0 Å². The van der Waals surface area contributed by atoms with Crippen LogP contribution in [-0.2, 0) is 17.5 Å². The van der Waals surface area contributed by atoms with Gasteiger partial charge in [0.15, 0.2) is 5.82 Å². The molecule has 1 saturated heterocycles. The summed E-state index contributed by atoms with van der Waals surface area (Å²) in [6.07, 6.45) is -5.29. The number of piperazine rings is 1. The predicted molar refractivity (Wildman–Crippen MR) is 140 cm³/mol. The molecule has 0 spiro atoms. The summed E-state index contributed by atoms with van der Waals surface area (Å²) in [4.78, 5) is 24.7. The molecule has 0 saturated carbocycles. The van der Waals surface area contributed by atoms with Crippen molar-refractivity contribution in [2.75, 3.05) is 32.8 Å². The molecule has 0 radical (unpaired) electrons. The number of β-amino-alcohol motifs (C(OH)–C–C–N with tert-alkyl or cyclic N) is 1. The maximum absolute atomic E-state index is 12.8. The second-order valence-corrected chi connectivity index (χ2v) is 10.8. The molecule has 1 fully saturated rings. The number of aliphatic hydroxyl groups excluding tert-OH is 1. The molecule has 10 nitrogen and oxygen atoms in total. The summed E-state index contributed by atoms with van der Waals surface area (Å²) in [5.74, 6) is 0.498. The number of fused-ring (bicyclic) bond motifs is 1. The van der Waals surface area contributed by atoms with Crippen LogP contribution in [0.1, 0.15) is 16.4 Å². The smallest absolute Gasteiger partial charge is 0.416 e. The van der Waals surface area contributed by atoms with E-state index < -0.39 is 29.8 Å².